The normalized spacial score (nSPS) is 12.3. The van der Waals surface area contributed by atoms with Crippen molar-refractivity contribution in [1.82, 2.24) is 14.0 Å². The molecule has 0 N–H and O–H groups in total. The number of benzene rings is 1. The molecule has 0 radical (unpaired) electrons. The summed E-state index contributed by atoms with van der Waals surface area (Å²) < 4.78 is 13.9. The summed E-state index contributed by atoms with van der Waals surface area (Å²) in [7, 11) is 0. The predicted octanol–water partition coefficient (Wildman–Crippen LogP) is 4.81. The van der Waals surface area contributed by atoms with Crippen molar-refractivity contribution < 1.29 is 18.7 Å². The van der Waals surface area contributed by atoms with Gasteiger partial charge in [0.05, 0.1) is 24.8 Å². The zero-order valence-electron chi connectivity index (χ0n) is 23.1. The van der Waals surface area contributed by atoms with E-state index in [-0.39, 0.29) is 46.2 Å². The van der Waals surface area contributed by atoms with Crippen LogP contribution < -0.4 is 11.0 Å². The number of ether oxygens (including phenoxy) is 1. The molecular formula is C31H30N4O5. The van der Waals surface area contributed by atoms with E-state index in [9.17, 15) is 14.4 Å². The van der Waals surface area contributed by atoms with E-state index in [1.807, 2.05) is 25.1 Å². The number of esters is 1. The number of furan rings is 1. The molecule has 0 saturated heterocycles. The second-order valence-corrected chi connectivity index (χ2v) is 10.6. The first-order chi connectivity index (χ1) is 19.1. The van der Waals surface area contributed by atoms with Crippen molar-refractivity contribution in [2.75, 3.05) is 6.61 Å². The Labute approximate surface area is 230 Å². The van der Waals surface area contributed by atoms with Crippen molar-refractivity contribution in [2.45, 2.75) is 46.6 Å². The summed E-state index contributed by atoms with van der Waals surface area (Å²) in [4.78, 5) is 49.6. The molecule has 40 heavy (non-hydrogen) atoms. The van der Waals surface area contributed by atoms with E-state index in [0.29, 0.717) is 17.0 Å². The van der Waals surface area contributed by atoms with E-state index < -0.39 is 11.9 Å². The molecule has 0 saturated carbocycles. The molecule has 5 rings (SSSR count). The lowest BCUT2D eigenvalue weighted by Gasteiger charge is -2.18. The molecule has 4 heterocycles. The molecule has 0 bridgehead atoms. The second kappa shape index (κ2) is 10.4. The van der Waals surface area contributed by atoms with Crippen molar-refractivity contribution in [3.63, 3.8) is 0 Å². The number of hydrogen-bond acceptors (Lipinski definition) is 6. The van der Waals surface area contributed by atoms with Crippen molar-refractivity contribution >= 4 is 28.6 Å². The second-order valence-electron chi connectivity index (χ2n) is 10.6. The van der Waals surface area contributed by atoms with Gasteiger partial charge in [0.1, 0.15) is 22.6 Å². The fourth-order valence-electron chi connectivity index (χ4n) is 4.55. The zero-order valence-corrected chi connectivity index (χ0v) is 23.1. The third-order valence-electron chi connectivity index (χ3n) is 6.70. The van der Waals surface area contributed by atoms with E-state index >= 15 is 0 Å². The standard InChI is InChI=1S/C31H30N4O5/c1-6-39-30(38)24-17-23-26(32-25-19(2)9-7-15-34(25)29(23)37)35(18-22-10-8-16-40-22)27(24)33-28(36)20-11-13-21(14-12-20)31(3,4)5/h7-17H,6,18H2,1-5H3. The number of nitrogens with zero attached hydrogens (tertiary/aromatic N) is 4. The van der Waals surface area contributed by atoms with Crippen LogP contribution in [0.15, 0.2) is 81.3 Å². The summed E-state index contributed by atoms with van der Waals surface area (Å²) in [6.45, 7) is 9.98. The summed E-state index contributed by atoms with van der Waals surface area (Å²) in [6.07, 6.45) is 3.15. The van der Waals surface area contributed by atoms with Crippen molar-refractivity contribution in [3.05, 3.63) is 111 Å². The average Bonchev–Trinajstić information content (AvgIpc) is 3.43. The van der Waals surface area contributed by atoms with Gasteiger partial charge in [-0.1, -0.05) is 39.0 Å². The summed E-state index contributed by atoms with van der Waals surface area (Å²) in [5.41, 5.74) is 2.49. The van der Waals surface area contributed by atoms with Gasteiger partial charge in [0.25, 0.3) is 11.5 Å². The van der Waals surface area contributed by atoms with Gasteiger partial charge in [0.15, 0.2) is 5.49 Å². The SMILES string of the molecule is CCOC(=O)c1cc2c(=O)n3cccc(C)c3nc2n(Cc2ccco2)c1=NC(=O)c1ccc(C(C)(C)C)cc1. The molecule has 5 aromatic rings. The van der Waals surface area contributed by atoms with Gasteiger partial charge in [-0.15, -0.1) is 0 Å². The Morgan fingerprint density at radius 1 is 1.05 bits per heavy atom. The van der Waals surface area contributed by atoms with E-state index in [1.54, 1.807) is 48.0 Å². The molecule has 0 aliphatic rings. The molecule has 0 aliphatic carbocycles. The van der Waals surface area contributed by atoms with E-state index in [0.717, 1.165) is 11.1 Å². The smallest absolute Gasteiger partial charge is 0.341 e. The fraction of sp³-hybridized carbons (Fsp3) is 0.258. The maximum atomic E-state index is 13.6. The minimum atomic E-state index is -0.707. The highest BCUT2D eigenvalue weighted by molar-refractivity contribution is 5.97. The lowest BCUT2D eigenvalue weighted by molar-refractivity contribution is 0.0523. The third-order valence-corrected chi connectivity index (χ3v) is 6.70. The lowest BCUT2D eigenvalue weighted by atomic mass is 9.87. The van der Waals surface area contributed by atoms with Crippen LogP contribution in [-0.2, 0) is 16.7 Å². The summed E-state index contributed by atoms with van der Waals surface area (Å²) in [5.74, 6) is -0.731. The minimum absolute atomic E-state index is 0.0212. The number of hydrogen-bond donors (Lipinski definition) is 0. The Hall–Kier alpha value is -4.79. The zero-order chi connectivity index (χ0) is 28.6. The number of rotatable bonds is 5. The third kappa shape index (κ3) is 4.98. The highest BCUT2D eigenvalue weighted by atomic mass is 16.5. The number of carbonyl (C=O) groups excluding carboxylic acids is 2. The molecule has 9 heteroatoms. The van der Waals surface area contributed by atoms with Crippen molar-refractivity contribution in [1.29, 1.82) is 0 Å². The first-order valence-corrected chi connectivity index (χ1v) is 13.0. The number of carbonyl (C=O) groups is 2. The van der Waals surface area contributed by atoms with E-state index in [2.05, 4.69) is 25.8 Å². The lowest BCUT2D eigenvalue weighted by Crippen LogP contribution is -2.33. The van der Waals surface area contributed by atoms with Gasteiger partial charge in [-0.3, -0.25) is 14.0 Å². The van der Waals surface area contributed by atoms with Crippen LogP contribution in [0.25, 0.3) is 16.7 Å². The first kappa shape index (κ1) is 26.8. The quantitative estimate of drug-likeness (QED) is 0.235. The first-order valence-electron chi connectivity index (χ1n) is 13.0. The van der Waals surface area contributed by atoms with Crippen LogP contribution in [0.3, 0.4) is 0 Å². The summed E-state index contributed by atoms with van der Waals surface area (Å²) in [5, 5.41) is 0.179. The fourth-order valence-corrected chi connectivity index (χ4v) is 4.55. The van der Waals surface area contributed by atoms with Crippen LogP contribution in [0, 0.1) is 6.92 Å². The monoisotopic (exact) mass is 538 g/mol. The van der Waals surface area contributed by atoms with E-state index in [1.165, 1.54) is 16.7 Å². The van der Waals surface area contributed by atoms with Crippen LogP contribution in [0.2, 0.25) is 0 Å². The van der Waals surface area contributed by atoms with Crippen molar-refractivity contribution in [3.8, 4) is 0 Å². The summed E-state index contributed by atoms with van der Waals surface area (Å²) >= 11 is 0. The molecule has 1 amide bonds. The maximum Gasteiger partial charge on any atom is 0.341 e. The van der Waals surface area contributed by atoms with Gasteiger partial charge in [-0.05, 0) is 66.8 Å². The maximum absolute atomic E-state index is 13.6. The molecule has 0 unspecified atom stereocenters. The molecule has 1 aromatic carbocycles. The number of amides is 1. The predicted molar refractivity (Wildman–Crippen MR) is 150 cm³/mol. The summed E-state index contributed by atoms with van der Waals surface area (Å²) in [6, 6.07) is 15.7. The molecule has 204 valence electrons. The van der Waals surface area contributed by atoms with Gasteiger partial charge in [0.2, 0.25) is 0 Å². The van der Waals surface area contributed by atoms with Gasteiger partial charge >= 0.3 is 5.97 Å². The molecule has 9 nitrogen and oxygen atoms in total. The van der Waals surface area contributed by atoms with E-state index in [4.69, 9.17) is 14.1 Å². The Bertz CT molecular complexity index is 1870. The molecule has 0 spiro atoms. The van der Waals surface area contributed by atoms with Gasteiger partial charge < -0.3 is 13.7 Å². The number of aromatic nitrogens is 3. The molecule has 0 atom stereocenters. The van der Waals surface area contributed by atoms with Gasteiger partial charge in [-0.2, -0.15) is 4.99 Å². The Balaban J connectivity index is 1.84. The topological polar surface area (TPSA) is 108 Å². The molecular weight excluding hydrogens is 508 g/mol. The minimum Gasteiger partial charge on any atom is -0.467 e. The van der Waals surface area contributed by atoms with Crippen LogP contribution in [0.5, 0.6) is 0 Å². The van der Waals surface area contributed by atoms with Gasteiger partial charge in [0, 0.05) is 11.8 Å². The van der Waals surface area contributed by atoms with Crippen LogP contribution in [0.4, 0.5) is 0 Å². The Kier molecular flexibility index (Phi) is 6.97. The van der Waals surface area contributed by atoms with Crippen LogP contribution in [0.1, 0.15) is 65.3 Å². The molecule has 0 aliphatic heterocycles. The molecule has 4 aromatic heterocycles. The van der Waals surface area contributed by atoms with Crippen LogP contribution in [-0.4, -0.2) is 32.4 Å². The Morgan fingerprint density at radius 2 is 1.80 bits per heavy atom. The number of pyridine rings is 2. The van der Waals surface area contributed by atoms with Crippen molar-refractivity contribution in [2.24, 2.45) is 4.99 Å². The van der Waals surface area contributed by atoms with Gasteiger partial charge in [-0.25, -0.2) is 9.78 Å². The Morgan fingerprint density at radius 3 is 2.45 bits per heavy atom. The average molecular weight is 539 g/mol. The molecule has 0 fully saturated rings. The highest BCUT2D eigenvalue weighted by Crippen LogP contribution is 2.22. The highest BCUT2D eigenvalue weighted by Gasteiger charge is 2.22. The number of fused-ring (bicyclic) bond motifs is 2. The number of aryl methyl sites for hydroxylation is 1. The largest absolute Gasteiger partial charge is 0.467 e. The van der Waals surface area contributed by atoms with Crippen LogP contribution >= 0.6 is 0 Å².